The molecular formula is C25H30FN3O. The molecule has 158 valence electrons. The van der Waals surface area contributed by atoms with Crippen LogP contribution >= 0.6 is 0 Å². The van der Waals surface area contributed by atoms with Crippen LogP contribution in [0.4, 0.5) is 4.39 Å². The topological polar surface area (TPSA) is 28.5 Å². The number of likely N-dealkylation sites (tertiary alicyclic amines) is 1. The van der Waals surface area contributed by atoms with Gasteiger partial charge >= 0.3 is 0 Å². The molecule has 1 fully saturated rings. The minimum atomic E-state index is -0.185. The zero-order chi connectivity index (χ0) is 21.1. The lowest BCUT2D eigenvalue weighted by Crippen LogP contribution is -2.42. The highest BCUT2D eigenvalue weighted by Gasteiger charge is 2.24. The van der Waals surface area contributed by atoms with Crippen LogP contribution in [0, 0.1) is 11.7 Å². The van der Waals surface area contributed by atoms with Crippen molar-refractivity contribution in [3.8, 4) is 0 Å². The van der Waals surface area contributed by atoms with Gasteiger partial charge in [-0.2, -0.15) is 0 Å². The van der Waals surface area contributed by atoms with Gasteiger partial charge in [0.2, 0.25) is 0 Å². The Morgan fingerprint density at radius 1 is 1.17 bits per heavy atom. The molecule has 1 saturated heterocycles. The van der Waals surface area contributed by atoms with Gasteiger partial charge in [0.05, 0.1) is 5.56 Å². The van der Waals surface area contributed by atoms with Crippen LogP contribution in [0.3, 0.4) is 0 Å². The Morgan fingerprint density at radius 3 is 2.73 bits per heavy atom. The number of rotatable bonds is 6. The van der Waals surface area contributed by atoms with Crippen molar-refractivity contribution in [1.29, 1.82) is 0 Å². The van der Waals surface area contributed by atoms with Crippen LogP contribution in [0.15, 0.2) is 54.7 Å². The first kappa shape index (κ1) is 20.6. The Morgan fingerprint density at radius 2 is 1.93 bits per heavy atom. The number of hydrogen-bond acceptors (Lipinski definition) is 2. The average molecular weight is 408 g/mol. The summed E-state index contributed by atoms with van der Waals surface area (Å²) in [5, 5.41) is 1.02. The monoisotopic (exact) mass is 407 g/mol. The number of aromatic nitrogens is 1. The van der Waals surface area contributed by atoms with E-state index in [2.05, 4.69) is 4.90 Å². The van der Waals surface area contributed by atoms with Crippen LogP contribution in [-0.4, -0.2) is 53.5 Å². The number of amides is 1. The summed E-state index contributed by atoms with van der Waals surface area (Å²) in [6, 6.07) is 14.9. The van der Waals surface area contributed by atoms with Crippen molar-refractivity contribution in [2.45, 2.75) is 19.3 Å². The van der Waals surface area contributed by atoms with Gasteiger partial charge in [0, 0.05) is 50.8 Å². The van der Waals surface area contributed by atoms with Crippen molar-refractivity contribution in [2.75, 3.05) is 33.2 Å². The predicted octanol–water partition coefficient (Wildman–Crippen LogP) is 4.34. The number of benzene rings is 2. The Hall–Kier alpha value is -2.66. The van der Waals surface area contributed by atoms with Crippen LogP contribution < -0.4 is 0 Å². The molecule has 1 aliphatic heterocycles. The number of carbonyl (C=O) groups excluding carboxylic acids is 1. The molecule has 0 unspecified atom stereocenters. The van der Waals surface area contributed by atoms with Crippen LogP contribution in [0.25, 0.3) is 10.9 Å². The first-order chi connectivity index (χ1) is 14.5. The minimum absolute atomic E-state index is 0.0928. The molecule has 0 N–H and O–H groups in total. The molecule has 0 spiro atoms. The van der Waals surface area contributed by atoms with E-state index in [1.54, 1.807) is 0 Å². The van der Waals surface area contributed by atoms with Gasteiger partial charge in [0.15, 0.2) is 0 Å². The highest BCUT2D eigenvalue weighted by molar-refractivity contribution is 6.06. The molecule has 4 rings (SSSR count). The highest BCUT2D eigenvalue weighted by atomic mass is 19.1. The van der Waals surface area contributed by atoms with E-state index in [0.717, 1.165) is 61.9 Å². The van der Waals surface area contributed by atoms with Crippen LogP contribution in [0.2, 0.25) is 0 Å². The lowest BCUT2D eigenvalue weighted by Gasteiger charge is -2.34. The average Bonchev–Trinajstić information content (AvgIpc) is 3.10. The third-order valence-electron chi connectivity index (χ3n) is 6.24. The minimum Gasteiger partial charge on any atom is -0.350 e. The van der Waals surface area contributed by atoms with Gasteiger partial charge in [0.1, 0.15) is 5.82 Å². The number of para-hydroxylation sites is 1. The molecule has 2 heterocycles. The molecule has 1 aromatic heterocycles. The largest absolute Gasteiger partial charge is 0.350 e. The summed E-state index contributed by atoms with van der Waals surface area (Å²) < 4.78 is 15.1. The van der Waals surface area contributed by atoms with Crippen LogP contribution in [0.1, 0.15) is 28.8 Å². The van der Waals surface area contributed by atoms with Gasteiger partial charge in [0.25, 0.3) is 5.91 Å². The Balaban J connectivity index is 1.35. The molecule has 1 atom stereocenters. The number of hydrogen-bond donors (Lipinski definition) is 0. The fraction of sp³-hybridized carbons (Fsp3) is 0.400. The van der Waals surface area contributed by atoms with Crippen molar-refractivity contribution in [1.82, 2.24) is 14.4 Å². The zero-order valence-electron chi connectivity index (χ0n) is 17.9. The van der Waals surface area contributed by atoms with E-state index in [9.17, 15) is 9.18 Å². The lowest BCUT2D eigenvalue weighted by atomic mass is 9.96. The second-order valence-corrected chi connectivity index (χ2v) is 8.54. The Kier molecular flexibility index (Phi) is 6.18. The summed E-state index contributed by atoms with van der Waals surface area (Å²) in [7, 11) is 3.90. The van der Waals surface area contributed by atoms with Gasteiger partial charge in [-0.05, 0) is 55.5 Å². The second-order valence-electron chi connectivity index (χ2n) is 8.54. The van der Waals surface area contributed by atoms with E-state index in [4.69, 9.17) is 0 Å². The van der Waals surface area contributed by atoms with Crippen LogP contribution in [-0.2, 0) is 13.5 Å². The summed E-state index contributed by atoms with van der Waals surface area (Å²) >= 11 is 0. The summed E-state index contributed by atoms with van der Waals surface area (Å²) in [4.78, 5) is 17.5. The number of nitrogens with zero attached hydrogens (tertiary/aromatic N) is 3. The maximum Gasteiger partial charge on any atom is 0.255 e. The van der Waals surface area contributed by atoms with E-state index in [1.165, 1.54) is 17.7 Å². The number of fused-ring (bicyclic) bond motifs is 1. The molecule has 30 heavy (non-hydrogen) atoms. The summed E-state index contributed by atoms with van der Waals surface area (Å²) in [6.45, 7) is 3.85. The van der Waals surface area contributed by atoms with E-state index >= 15 is 0 Å². The molecule has 0 radical (unpaired) electrons. The SMILES string of the molecule is CN(C[C@H]1CCCN(CCc2ccc(F)cc2)C1)C(=O)c1cn(C)c2ccccc12. The number of carbonyl (C=O) groups is 1. The highest BCUT2D eigenvalue weighted by Crippen LogP contribution is 2.23. The van der Waals surface area contributed by atoms with Crippen LogP contribution in [0.5, 0.6) is 0 Å². The fourth-order valence-electron chi connectivity index (χ4n) is 4.63. The van der Waals surface area contributed by atoms with Gasteiger partial charge in [-0.3, -0.25) is 4.79 Å². The second kappa shape index (κ2) is 9.00. The first-order valence-electron chi connectivity index (χ1n) is 10.8. The molecule has 5 heteroatoms. The maximum absolute atomic E-state index is 13.1. The fourth-order valence-corrected chi connectivity index (χ4v) is 4.63. The normalized spacial score (nSPS) is 17.4. The molecule has 0 saturated carbocycles. The third-order valence-corrected chi connectivity index (χ3v) is 6.24. The maximum atomic E-state index is 13.1. The molecule has 0 aliphatic carbocycles. The van der Waals surface area contributed by atoms with E-state index in [1.807, 2.05) is 66.2 Å². The number of piperidine rings is 1. The summed E-state index contributed by atoms with van der Waals surface area (Å²) in [5.74, 6) is 0.391. The molecule has 0 bridgehead atoms. The third kappa shape index (κ3) is 4.57. The number of halogens is 1. The van der Waals surface area contributed by atoms with Crippen molar-refractivity contribution in [2.24, 2.45) is 13.0 Å². The molecule has 2 aromatic carbocycles. The molecule has 4 nitrogen and oxygen atoms in total. The molecule has 1 amide bonds. The number of aryl methyl sites for hydroxylation is 1. The molecule has 1 aliphatic rings. The lowest BCUT2D eigenvalue weighted by molar-refractivity contribution is 0.0732. The zero-order valence-corrected chi connectivity index (χ0v) is 17.9. The molecular weight excluding hydrogens is 377 g/mol. The van der Waals surface area contributed by atoms with Crippen molar-refractivity contribution < 1.29 is 9.18 Å². The smallest absolute Gasteiger partial charge is 0.255 e. The van der Waals surface area contributed by atoms with Gasteiger partial charge in [-0.15, -0.1) is 0 Å². The summed E-state index contributed by atoms with van der Waals surface area (Å²) in [6.07, 6.45) is 5.18. The van der Waals surface area contributed by atoms with E-state index < -0.39 is 0 Å². The summed E-state index contributed by atoms with van der Waals surface area (Å²) in [5.41, 5.74) is 3.03. The van der Waals surface area contributed by atoms with Gasteiger partial charge in [-0.25, -0.2) is 4.39 Å². The van der Waals surface area contributed by atoms with Crippen molar-refractivity contribution >= 4 is 16.8 Å². The molecule has 3 aromatic rings. The standard InChI is InChI=1S/C25H30FN3O/c1-27-18-23(22-7-3-4-8-24(22)27)25(30)28(2)16-20-6-5-14-29(17-20)15-13-19-9-11-21(26)12-10-19/h3-4,7-12,18,20H,5-6,13-17H2,1-2H3/t20-/m1/s1. The van der Waals surface area contributed by atoms with Crippen molar-refractivity contribution in [3.63, 3.8) is 0 Å². The Labute approximate surface area is 177 Å². The van der Waals surface area contributed by atoms with Gasteiger partial charge in [-0.1, -0.05) is 30.3 Å². The van der Waals surface area contributed by atoms with Gasteiger partial charge < -0.3 is 14.4 Å². The first-order valence-corrected chi connectivity index (χ1v) is 10.8. The Bertz CT molecular complexity index is 1010. The van der Waals surface area contributed by atoms with E-state index in [0.29, 0.717) is 5.92 Å². The van der Waals surface area contributed by atoms with Crippen molar-refractivity contribution in [3.05, 3.63) is 71.7 Å². The predicted molar refractivity (Wildman–Crippen MR) is 119 cm³/mol. The quantitative estimate of drug-likeness (QED) is 0.608. The van der Waals surface area contributed by atoms with E-state index in [-0.39, 0.29) is 11.7 Å².